The maximum atomic E-state index is 13.9. The van der Waals surface area contributed by atoms with Crippen molar-refractivity contribution in [1.82, 2.24) is 9.78 Å². The van der Waals surface area contributed by atoms with Crippen molar-refractivity contribution >= 4 is 50.4 Å². The molecule has 0 saturated carbocycles. The smallest absolute Gasteiger partial charge is 0.274 e. The molecule has 0 aliphatic carbocycles. The van der Waals surface area contributed by atoms with Gasteiger partial charge in [0.05, 0.1) is 17.5 Å². The summed E-state index contributed by atoms with van der Waals surface area (Å²) in [6.45, 7) is 1.88. The summed E-state index contributed by atoms with van der Waals surface area (Å²) in [6, 6.07) is 24.3. The van der Waals surface area contributed by atoms with E-state index in [1.165, 1.54) is 9.58 Å². The number of amides is 1. The van der Waals surface area contributed by atoms with E-state index in [-0.39, 0.29) is 17.9 Å². The van der Waals surface area contributed by atoms with Crippen LogP contribution in [0.4, 0.5) is 11.8 Å². The molecule has 6 aromatic rings. The van der Waals surface area contributed by atoms with Crippen LogP contribution in [-0.2, 0) is 18.3 Å². The highest BCUT2D eigenvalue weighted by Gasteiger charge is 2.27. The van der Waals surface area contributed by atoms with Gasteiger partial charge in [0.15, 0.2) is 0 Å². The van der Waals surface area contributed by atoms with E-state index in [1.54, 1.807) is 7.05 Å². The van der Waals surface area contributed by atoms with Crippen molar-refractivity contribution in [3.8, 4) is 0 Å². The van der Waals surface area contributed by atoms with Crippen LogP contribution in [0.3, 0.4) is 0 Å². The van der Waals surface area contributed by atoms with Crippen LogP contribution in [0.1, 0.15) is 11.3 Å². The molecule has 0 bridgehead atoms. The summed E-state index contributed by atoms with van der Waals surface area (Å²) in [5.74, 6) is 0.401. The zero-order valence-corrected chi connectivity index (χ0v) is 19.2. The highest BCUT2D eigenvalue weighted by atomic mass is 16.4. The molecule has 0 radical (unpaired) electrons. The molecular weight excluding hydrogens is 442 g/mol. The van der Waals surface area contributed by atoms with Crippen LogP contribution < -0.4 is 10.5 Å². The van der Waals surface area contributed by atoms with Crippen molar-refractivity contribution in [2.45, 2.75) is 13.3 Å². The molecule has 35 heavy (non-hydrogen) atoms. The first-order valence-corrected chi connectivity index (χ1v) is 11.3. The molecule has 1 amide bonds. The number of furan rings is 2. The first-order valence-electron chi connectivity index (χ1n) is 11.3. The van der Waals surface area contributed by atoms with Gasteiger partial charge in [-0.15, -0.1) is 0 Å². The molecule has 0 aliphatic heterocycles. The molecular formula is C28H21N3O4. The lowest BCUT2D eigenvalue weighted by atomic mass is 10.0. The van der Waals surface area contributed by atoms with Crippen LogP contribution in [0.25, 0.3) is 32.7 Å². The number of aryl methyl sites for hydroxylation is 2. The Labute approximate surface area is 199 Å². The van der Waals surface area contributed by atoms with Gasteiger partial charge in [-0.2, -0.15) is 5.10 Å². The van der Waals surface area contributed by atoms with Crippen LogP contribution in [0.5, 0.6) is 0 Å². The van der Waals surface area contributed by atoms with Gasteiger partial charge in [-0.05, 0) is 24.6 Å². The maximum Gasteiger partial charge on any atom is 0.274 e. The van der Waals surface area contributed by atoms with E-state index < -0.39 is 0 Å². The number of carbonyl (C=O) groups is 1. The van der Waals surface area contributed by atoms with Gasteiger partial charge in [-0.1, -0.05) is 54.6 Å². The molecule has 0 saturated heterocycles. The van der Waals surface area contributed by atoms with Gasteiger partial charge in [0.25, 0.3) is 5.56 Å². The van der Waals surface area contributed by atoms with Crippen LogP contribution in [0, 0.1) is 6.92 Å². The van der Waals surface area contributed by atoms with Gasteiger partial charge in [0, 0.05) is 35.3 Å². The van der Waals surface area contributed by atoms with E-state index in [4.69, 9.17) is 8.83 Å². The Bertz CT molecular complexity index is 1670. The zero-order valence-electron chi connectivity index (χ0n) is 19.2. The van der Waals surface area contributed by atoms with Gasteiger partial charge in [0.2, 0.25) is 17.7 Å². The number of fused-ring (bicyclic) bond motifs is 3. The van der Waals surface area contributed by atoms with Crippen molar-refractivity contribution in [2.75, 3.05) is 4.90 Å². The van der Waals surface area contributed by atoms with Crippen molar-refractivity contribution in [2.24, 2.45) is 7.05 Å². The third-order valence-corrected chi connectivity index (χ3v) is 6.20. The molecule has 0 unspecified atom stereocenters. The van der Waals surface area contributed by atoms with Gasteiger partial charge in [-0.25, -0.2) is 9.58 Å². The van der Waals surface area contributed by atoms with E-state index in [0.717, 1.165) is 16.3 Å². The number of hydrogen-bond donors (Lipinski definition) is 0. The minimum Gasteiger partial charge on any atom is -0.440 e. The Morgan fingerprint density at radius 2 is 1.49 bits per heavy atom. The number of carbonyl (C=O) groups excluding carboxylic acids is 1. The summed E-state index contributed by atoms with van der Waals surface area (Å²) in [5, 5.41) is 7.40. The summed E-state index contributed by atoms with van der Waals surface area (Å²) in [5.41, 5.74) is 2.48. The topological polar surface area (TPSA) is 81.5 Å². The quantitative estimate of drug-likeness (QED) is 0.338. The fourth-order valence-corrected chi connectivity index (χ4v) is 4.50. The van der Waals surface area contributed by atoms with Crippen molar-refractivity contribution in [3.05, 3.63) is 100 Å². The number of rotatable bonds is 4. The maximum absolute atomic E-state index is 13.9. The number of benzene rings is 3. The monoisotopic (exact) mass is 463 g/mol. The second-order valence-corrected chi connectivity index (χ2v) is 8.52. The molecule has 7 heteroatoms. The molecule has 172 valence electrons. The third-order valence-electron chi connectivity index (χ3n) is 6.20. The number of hydrogen-bond acceptors (Lipinski definition) is 5. The number of aromatic nitrogens is 2. The lowest BCUT2D eigenvalue weighted by Crippen LogP contribution is -2.29. The van der Waals surface area contributed by atoms with E-state index >= 15 is 0 Å². The lowest BCUT2D eigenvalue weighted by Gasteiger charge is -2.17. The van der Waals surface area contributed by atoms with Gasteiger partial charge in [0.1, 0.15) is 11.2 Å². The predicted octanol–water partition coefficient (Wildman–Crippen LogP) is 5.64. The summed E-state index contributed by atoms with van der Waals surface area (Å²) in [7, 11) is 1.60. The average molecular weight is 463 g/mol. The van der Waals surface area contributed by atoms with Crippen LogP contribution in [0.15, 0.2) is 92.5 Å². The molecule has 0 aliphatic rings. The Morgan fingerprint density at radius 3 is 2.09 bits per heavy atom. The van der Waals surface area contributed by atoms with Crippen molar-refractivity contribution in [1.29, 1.82) is 0 Å². The minimum atomic E-state index is -0.294. The molecule has 0 spiro atoms. The Balaban J connectivity index is 1.50. The van der Waals surface area contributed by atoms with Crippen molar-refractivity contribution in [3.63, 3.8) is 0 Å². The fourth-order valence-electron chi connectivity index (χ4n) is 4.50. The Morgan fingerprint density at radius 1 is 0.886 bits per heavy atom. The van der Waals surface area contributed by atoms with Gasteiger partial charge >= 0.3 is 0 Å². The average Bonchev–Trinajstić information content (AvgIpc) is 3.46. The largest absolute Gasteiger partial charge is 0.440 e. The highest BCUT2D eigenvalue weighted by Crippen LogP contribution is 2.35. The van der Waals surface area contributed by atoms with Crippen molar-refractivity contribution < 1.29 is 13.6 Å². The molecule has 0 N–H and O–H groups in total. The van der Waals surface area contributed by atoms with E-state index in [0.29, 0.717) is 39.4 Å². The van der Waals surface area contributed by atoms with Crippen LogP contribution in [0.2, 0.25) is 0 Å². The standard InChI is InChI=1S/C28H21N3O4/c1-17-8-7-11-20-21(29-30(2)28(33)27(17)20)16-24(32)31(25-14-18-9-3-5-12-22(18)34-25)26-15-19-10-4-6-13-23(19)35-26/h3-15H,16H2,1-2H3. The normalized spacial score (nSPS) is 11.5. The zero-order chi connectivity index (χ0) is 24.1. The lowest BCUT2D eigenvalue weighted by molar-refractivity contribution is -0.117. The summed E-state index contributed by atoms with van der Waals surface area (Å²) < 4.78 is 13.4. The number of anilines is 2. The van der Waals surface area contributed by atoms with Gasteiger partial charge in [-0.3, -0.25) is 9.59 Å². The summed E-state index contributed by atoms with van der Waals surface area (Å²) in [6.07, 6.45) is -0.0534. The second kappa shape index (κ2) is 7.99. The van der Waals surface area contributed by atoms with E-state index in [2.05, 4.69) is 5.10 Å². The SMILES string of the molecule is Cc1cccc2c(CC(=O)N(c3cc4ccccc4o3)c3cc4ccccc4o3)nn(C)c(=O)c12. The molecule has 3 aromatic carbocycles. The van der Waals surface area contributed by atoms with Crippen LogP contribution >= 0.6 is 0 Å². The summed E-state index contributed by atoms with van der Waals surface area (Å²) >= 11 is 0. The molecule has 0 atom stereocenters. The second-order valence-electron chi connectivity index (χ2n) is 8.52. The molecule has 6 rings (SSSR count). The van der Waals surface area contributed by atoms with E-state index in [9.17, 15) is 9.59 Å². The number of nitrogens with zero attached hydrogens (tertiary/aromatic N) is 3. The molecule has 7 nitrogen and oxygen atoms in total. The van der Waals surface area contributed by atoms with Gasteiger partial charge < -0.3 is 8.83 Å². The van der Waals surface area contributed by atoms with E-state index in [1.807, 2.05) is 85.8 Å². The van der Waals surface area contributed by atoms with Crippen LogP contribution in [-0.4, -0.2) is 15.7 Å². The minimum absolute atomic E-state index is 0.0534. The third kappa shape index (κ3) is 3.49. The fraction of sp³-hybridized carbons (Fsp3) is 0.107. The first kappa shape index (κ1) is 20.9. The molecule has 0 fully saturated rings. The number of para-hydroxylation sites is 2. The summed E-state index contributed by atoms with van der Waals surface area (Å²) in [4.78, 5) is 28.0. The highest BCUT2D eigenvalue weighted by molar-refractivity contribution is 6.03. The first-order chi connectivity index (χ1) is 17.0. The molecule has 3 heterocycles. The Kier molecular flexibility index (Phi) is 4.77. The molecule has 3 aromatic heterocycles. The predicted molar refractivity (Wildman–Crippen MR) is 135 cm³/mol. The Hall–Kier alpha value is -4.65.